The SMILES string of the molecule is BOC(=O)C1=C(C[N@@+]23CC[C@@H](C2)N(C(=O)c2ccc(OCc4ccc(OC)cc4)c(OCc4ccc(OC)cc4)c2Cl)CC3)C[S+]([O-])[C@@H]2CC(=O)N12. The molecule has 4 aliphatic rings. The van der Waals surface area contributed by atoms with E-state index in [2.05, 4.69) is 0 Å². The Morgan fingerprint density at radius 2 is 1.62 bits per heavy atom. The van der Waals surface area contributed by atoms with Crippen LogP contribution < -0.4 is 18.9 Å². The number of hydrogen-bond donors (Lipinski definition) is 0. The summed E-state index contributed by atoms with van der Waals surface area (Å²) in [6.45, 7) is 3.43. The minimum atomic E-state index is -1.29. The highest BCUT2D eigenvalue weighted by molar-refractivity contribution is 7.92. The van der Waals surface area contributed by atoms with E-state index in [1.165, 1.54) is 12.9 Å². The molecular weight excluding hydrogens is 709 g/mol. The van der Waals surface area contributed by atoms with Gasteiger partial charge in [-0.2, -0.15) is 0 Å². The molecule has 4 heterocycles. The van der Waals surface area contributed by atoms with Crippen LogP contribution >= 0.6 is 11.6 Å². The first-order valence-electron chi connectivity index (χ1n) is 17.1. The highest BCUT2D eigenvalue weighted by Gasteiger charge is 2.55. The van der Waals surface area contributed by atoms with E-state index in [-0.39, 0.29) is 59.7 Å². The number of rotatable bonds is 12. The molecule has 7 rings (SSSR count). The quantitative estimate of drug-likeness (QED) is 0.119. The van der Waals surface area contributed by atoms with Gasteiger partial charge in [0.25, 0.3) is 5.91 Å². The van der Waals surface area contributed by atoms with E-state index in [0.29, 0.717) is 47.5 Å². The van der Waals surface area contributed by atoms with Gasteiger partial charge in [0.05, 0.1) is 69.0 Å². The smallest absolute Gasteiger partial charge is 0.337 e. The van der Waals surface area contributed by atoms with Gasteiger partial charge in [-0.05, 0) is 58.7 Å². The maximum Gasteiger partial charge on any atom is 0.337 e. The number of quaternary nitrogens is 1. The number of carbonyl (C=O) groups is 3. The molecular formula is C37H40BClN3O9S+. The molecule has 3 fully saturated rings. The fourth-order valence-corrected chi connectivity index (χ4v) is 9.45. The minimum absolute atomic E-state index is 0.0679. The van der Waals surface area contributed by atoms with Crippen LogP contribution in [0.3, 0.4) is 0 Å². The zero-order valence-corrected chi connectivity index (χ0v) is 30.9. The monoisotopic (exact) mass is 748 g/mol. The highest BCUT2D eigenvalue weighted by atomic mass is 35.5. The maximum absolute atomic E-state index is 14.3. The minimum Gasteiger partial charge on any atom is -0.614 e. The molecule has 0 saturated carbocycles. The fourth-order valence-electron chi connectivity index (χ4n) is 7.61. The van der Waals surface area contributed by atoms with Gasteiger partial charge in [-0.3, -0.25) is 14.5 Å². The van der Waals surface area contributed by atoms with Crippen molar-refractivity contribution < 1.29 is 47.0 Å². The van der Waals surface area contributed by atoms with E-state index >= 15 is 0 Å². The van der Waals surface area contributed by atoms with E-state index in [1.54, 1.807) is 26.4 Å². The van der Waals surface area contributed by atoms with Crippen molar-refractivity contribution in [2.45, 2.75) is 37.5 Å². The number of carbonyl (C=O) groups excluding carboxylic acids is 3. The maximum atomic E-state index is 14.3. The van der Waals surface area contributed by atoms with Gasteiger partial charge in [-0.15, -0.1) is 0 Å². The molecule has 4 atom stereocenters. The van der Waals surface area contributed by atoms with Gasteiger partial charge in [0, 0.05) is 6.42 Å². The fraction of sp³-hybridized carbons (Fsp3) is 0.378. The summed E-state index contributed by atoms with van der Waals surface area (Å²) in [6, 6.07) is 18.4. The summed E-state index contributed by atoms with van der Waals surface area (Å²) in [5.74, 6) is 1.38. The number of β-lactam (4-membered cyclic amide) rings is 1. The van der Waals surface area contributed by atoms with Crippen LogP contribution in [-0.2, 0) is 38.6 Å². The molecule has 3 aromatic rings. The van der Waals surface area contributed by atoms with E-state index in [9.17, 15) is 18.9 Å². The second-order valence-electron chi connectivity index (χ2n) is 13.5. The van der Waals surface area contributed by atoms with Crippen molar-refractivity contribution in [3.8, 4) is 23.0 Å². The van der Waals surface area contributed by atoms with Crippen molar-refractivity contribution in [1.82, 2.24) is 9.80 Å². The second-order valence-corrected chi connectivity index (χ2v) is 15.5. The lowest BCUT2D eigenvalue weighted by Crippen LogP contribution is -2.63. The number of piperazine rings is 1. The number of fused-ring (bicyclic) bond motifs is 3. The average molecular weight is 749 g/mol. The number of methoxy groups -OCH3 is 2. The lowest BCUT2D eigenvalue weighted by atomic mass is 10.1. The standard InChI is InChI=1S/C37H40BClN3O9S/c1-47-27-7-3-23(4-8-27)20-49-30-12-11-29(33(39)35(30)50-21-24-5-9-28(48-2)10-6-24)36(44)40-14-16-42(15-13-26(40)19-42)18-25-22-52(46)32-17-31(43)41(32)34(25)37(45)51-38/h3-12,26,32H,13-22,38H2,1-2H3/q+1/t26-,32+,42-,52?/m0/s1. The van der Waals surface area contributed by atoms with Crippen LogP contribution in [0, 0.1) is 0 Å². The first kappa shape index (κ1) is 36.0. The normalized spacial score (nSPS) is 23.5. The highest BCUT2D eigenvalue weighted by Crippen LogP contribution is 2.42. The predicted octanol–water partition coefficient (Wildman–Crippen LogP) is 3.23. The molecule has 12 nitrogen and oxygen atoms in total. The van der Waals surface area contributed by atoms with Crippen LogP contribution in [0.2, 0.25) is 5.02 Å². The van der Waals surface area contributed by atoms with Gasteiger partial charge < -0.3 is 37.5 Å². The summed E-state index contributed by atoms with van der Waals surface area (Å²) in [6.07, 6.45) is 0.925. The summed E-state index contributed by atoms with van der Waals surface area (Å²) in [5, 5.41) is -0.304. The molecule has 0 spiro atoms. The van der Waals surface area contributed by atoms with Crippen molar-refractivity contribution in [2.75, 3.05) is 52.7 Å². The van der Waals surface area contributed by atoms with Crippen LogP contribution in [0.4, 0.5) is 0 Å². The molecule has 3 aromatic carbocycles. The topological polar surface area (TPSA) is 127 Å². The molecule has 3 saturated heterocycles. The Morgan fingerprint density at radius 3 is 2.23 bits per heavy atom. The molecule has 15 heteroatoms. The van der Waals surface area contributed by atoms with Crippen LogP contribution in [-0.4, -0.2) is 109 Å². The van der Waals surface area contributed by atoms with E-state index in [1.807, 2.05) is 53.4 Å². The van der Waals surface area contributed by atoms with Gasteiger partial charge in [-0.1, -0.05) is 35.9 Å². The third-order valence-electron chi connectivity index (χ3n) is 10.4. The average Bonchev–Trinajstić information content (AvgIpc) is 3.48. The second kappa shape index (κ2) is 14.9. The lowest BCUT2D eigenvalue weighted by Gasteiger charge is -2.47. The molecule has 0 aromatic heterocycles. The molecule has 4 aliphatic heterocycles. The Hall–Kier alpha value is -4.37. The third-order valence-corrected chi connectivity index (χ3v) is 12.4. The molecule has 1 unspecified atom stereocenters. The predicted molar refractivity (Wildman–Crippen MR) is 195 cm³/mol. The van der Waals surface area contributed by atoms with Gasteiger partial charge in [0.2, 0.25) is 11.3 Å². The molecule has 272 valence electrons. The lowest BCUT2D eigenvalue weighted by molar-refractivity contribution is -0.916. The largest absolute Gasteiger partial charge is 0.614 e. The van der Waals surface area contributed by atoms with Crippen LogP contribution in [0.15, 0.2) is 71.9 Å². The third kappa shape index (κ3) is 6.92. The van der Waals surface area contributed by atoms with E-state index in [4.69, 9.17) is 35.2 Å². The molecule has 0 aliphatic carbocycles. The molecule has 0 N–H and O–H groups in total. The first-order valence-corrected chi connectivity index (χ1v) is 18.9. The summed E-state index contributed by atoms with van der Waals surface area (Å²) in [4.78, 5) is 42.8. The number of hydrogen-bond acceptors (Lipinski definition) is 9. The molecule has 52 heavy (non-hydrogen) atoms. The Labute approximate surface area is 311 Å². The Morgan fingerprint density at radius 1 is 0.962 bits per heavy atom. The van der Waals surface area contributed by atoms with Gasteiger partial charge >= 0.3 is 14.0 Å². The van der Waals surface area contributed by atoms with E-state index < -0.39 is 22.5 Å². The number of ether oxygens (including phenoxy) is 4. The van der Waals surface area contributed by atoms with Crippen molar-refractivity contribution in [3.63, 3.8) is 0 Å². The zero-order valence-electron chi connectivity index (χ0n) is 29.3. The van der Waals surface area contributed by atoms with E-state index in [0.717, 1.165) is 35.6 Å². The summed E-state index contributed by atoms with van der Waals surface area (Å²) in [5.41, 5.74) is 3.03. The Bertz CT molecular complexity index is 1900. The van der Waals surface area contributed by atoms with Crippen molar-refractivity contribution >= 4 is 48.6 Å². The number of nitrogens with zero attached hydrogens (tertiary/aromatic N) is 3. The van der Waals surface area contributed by atoms with Gasteiger partial charge in [0.1, 0.15) is 42.7 Å². The number of amides is 2. The molecule has 2 bridgehead atoms. The summed E-state index contributed by atoms with van der Waals surface area (Å²) in [7, 11) is 4.51. The molecule has 2 amide bonds. The number of halogens is 1. The Kier molecular flexibility index (Phi) is 10.3. The van der Waals surface area contributed by atoms with Crippen LogP contribution in [0.5, 0.6) is 23.0 Å². The van der Waals surface area contributed by atoms with Crippen molar-refractivity contribution in [1.29, 1.82) is 0 Å². The van der Waals surface area contributed by atoms with Crippen LogP contribution in [0.25, 0.3) is 0 Å². The van der Waals surface area contributed by atoms with Gasteiger partial charge in [-0.25, -0.2) is 4.79 Å². The molecule has 0 radical (unpaired) electrons. The number of benzene rings is 3. The van der Waals surface area contributed by atoms with Crippen molar-refractivity contribution in [2.24, 2.45) is 0 Å². The summed E-state index contributed by atoms with van der Waals surface area (Å²) < 4.78 is 41.7. The first-order chi connectivity index (χ1) is 25.1. The Balaban J connectivity index is 1.10. The zero-order chi connectivity index (χ0) is 36.6. The van der Waals surface area contributed by atoms with Crippen molar-refractivity contribution in [3.05, 3.63) is 93.6 Å². The van der Waals surface area contributed by atoms with Crippen LogP contribution in [0.1, 0.15) is 34.3 Å². The van der Waals surface area contributed by atoms with Gasteiger partial charge in [0.15, 0.2) is 11.5 Å². The summed E-state index contributed by atoms with van der Waals surface area (Å²) >= 11 is 5.74.